The second kappa shape index (κ2) is 10.8. The van der Waals surface area contributed by atoms with Gasteiger partial charge in [0.2, 0.25) is 6.10 Å². The van der Waals surface area contributed by atoms with Crippen LogP contribution in [0.25, 0.3) is 0 Å². The highest BCUT2D eigenvalue weighted by molar-refractivity contribution is 5.86. The number of likely N-dealkylation sites (N-methyl/N-ethyl adjacent to an activating group) is 1. The van der Waals surface area contributed by atoms with Crippen LogP contribution in [-0.4, -0.2) is 90.1 Å². The van der Waals surface area contributed by atoms with E-state index in [1.165, 1.54) is 6.92 Å². The molecule has 1 spiro atoms. The van der Waals surface area contributed by atoms with E-state index in [0.29, 0.717) is 30.9 Å². The molecule has 2 aliphatic heterocycles. The molecule has 5 rings (SSSR count). The Morgan fingerprint density at radius 3 is 2.53 bits per heavy atom. The van der Waals surface area contributed by atoms with Crippen molar-refractivity contribution in [2.45, 2.75) is 101 Å². The molecule has 1 N–H and O–H groups in total. The number of likely N-dealkylation sites (tertiary alicyclic amines) is 1. The Morgan fingerprint density at radius 1 is 1.16 bits per heavy atom. The average Bonchev–Trinajstić information content (AvgIpc) is 3.26. The van der Waals surface area contributed by atoms with Gasteiger partial charge in [-0.15, -0.1) is 0 Å². The number of hydrogen-bond donors (Lipinski definition) is 1. The predicted molar refractivity (Wildman–Crippen MR) is 149 cm³/mol. The molecule has 0 aromatic heterocycles. The first-order valence-corrected chi connectivity index (χ1v) is 14.4. The number of carbonyl (C=O) groups is 4. The number of methoxy groups -OCH3 is 1. The lowest BCUT2D eigenvalue weighted by molar-refractivity contribution is -0.181. The van der Waals surface area contributed by atoms with E-state index in [4.69, 9.17) is 28.4 Å². The van der Waals surface area contributed by atoms with Crippen molar-refractivity contribution in [1.82, 2.24) is 4.90 Å². The first kappa shape index (κ1) is 30.8. The fourth-order valence-electron chi connectivity index (χ4n) is 6.97. The zero-order chi connectivity index (χ0) is 31.5. The number of piperidine rings is 1. The number of esters is 4. The maximum Gasteiger partial charge on any atom is 0.352 e. The molecule has 0 saturated carbocycles. The van der Waals surface area contributed by atoms with E-state index in [9.17, 15) is 24.3 Å². The third-order valence-corrected chi connectivity index (χ3v) is 8.75. The second-order valence-electron chi connectivity index (χ2n) is 12.7. The Morgan fingerprint density at radius 2 is 1.88 bits per heavy atom. The molecule has 2 bridgehead atoms. The van der Waals surface area contributed by atoms with E-state index in [-0.39, 0.29) is 18.2 Å². The molecule has 1 saturated heterocycles. The topological polar surface area (TPSA) is 147 Å². The third kappa shape index (κ3) is 5.14. The molecule has 1 aromatic rings. The zero-order valence-electron chi connectivity index (χ0n) is 25.6. The summed E-state index contributed by atoms with van der Waals surface area (Å²) in [7, 11) is 3.55. The molecule has 1 aromatic carbocycles. The Labute approximate surface area is 250 Å². The molecule has 0 amide bonds. The third-order valence-electron chi connectivity index (χ3n) is 8.75. The fourth-order valence-corrected chi connectivity index (χ4v) is 6.97. The Bertz CT molecular complexity index is 1380. The van der Waals surface area contributed by atoms with Gasteiger partial charge in [0, 0.05) is 24.9 Å². The molecule has 2 heterocycles. The van der Waals surface area contributed by atoms with Crippen LogP contribution >= 0.6 is 0 Å². The van der Waals surface area contributed by atoms with Gasteiger partial charge in [-0.3, -0.25) is 9.59 Å². The molecule has 0 unspecified atom stereocenters. The SMILES string of the molecule is COc1ccc2c3c1O[C@H]1C(OC(=O)[C@H](C)OC(=O)C[C@H](OC(C)=O)C(=O)OC(C)(C)C)=CC[C@@]4(O)[C@H](C2)N(C)CC[C@]314. The summed E-state index contributed by atoms with van der Waals surface area (Å²) in [5, 5.41) is 12.3. The maximum absolute atomic E-state index is 13.2. The molecule has 6 atom stereocenters. The number of hydrogen-bond acceptors (Lipinski definition) is 12. The van der Waals surface area contributed by atoms with Crippen LogP contribution < -0.4 is 9.47 Å². The number of ether oxygens (including phenoxy) is 6. The molecular formula is C31H39NO11. The molecular weight excluding hydrogens is 562 g/mol. The van der Waals surface area contributed by atoms with Crippen molar-refractivity contribution in [1.29, 1.82) is 0 Å². The van der Waals surface area contributed by atoms with Gasteiger partial charge in [0.15, 0.2) is 23.7 Å². The van der Waals surface area contributed by atoms with Crippen LogP contribution in [0.3, 0.4) is 0 Å². The summed E-state index contributed by atoms with van der Waals surface area (Å²) in [6.45, 7) is 8.05. The van der Waals surface area contributed by atoms with Gasteiger partial charge in [-0.1, -0.05) is 6.07 Å². The Balaban J connectivity index is 1.34. The van der Waals surface area contributed by atoms with Crippen molar-refractivity contribution in [2.24, 2.45) is 0 Å². The summed E-state index contributed by atoms with van der Waals surface area (Å²) in [5.74, 6) is -2.23. The lowest BCUT2D eigenvalue weighted by Gasteiger charge is -2.61. The Kier molecular flexibility index (Phi) is 7.75. The summed E-state index contributed by atoms with van der Waals surface area (Å²) in [5.41, 5.74) is -0.965. The summed E-state index contributed by atoms with van der Waals surface area (Å²) < 4.78 is 33.4. The molecule has 4 aliphatic rings. The standard InChI is InChI=1S/C31H39NO11/c1-16(39-23(34)15-21(40-17(2)33)28(36)43-29(3,4)5)27(35)41-20-10-11-31(37)22-14-18-8-9-19(38-7)25-24(18)30(31,26(20)42-25)12-13-32(22)6/h8-10,16,21-22,26,37H,11-15H2,1-7H3/t16-,21-,22-,26-,30-,31+/m0/s1. The van der Waals surface area contributed by atoms with Gasteiger partial charge in [-0.25, -0.2) is 9.59 Å². The van der Waals surface area contributed by atoms with E-state index < -0.39 is 65.2 Å². The van der Waals surface area contributed by atoms with Crippen LogP contribution in [0, 0.1) is 0 Å². The van der Waals surface area contributed by atoms with Gasteiger partial charge in [0.25, 0.3) is 0 Å². The van der Waals surface area contributed by atoms with Crippen molar-refractivity contribution in [3.05, 3.63) is 35.1 Å². The van der Waals surface area contributed by atoms with Gasteiger partial charge >= 0.3 is 23.9 Å². The zero-order valence-corrected chi connectivity index (χ0v) is 25.6. The van der Waals surface area contributed by atoms with Crippen molar-refractivity contribution in [2.75, 3.05) is 20.7 Å². The van der Waals surface area contributed by atoms with E-state index in [0.717, 1.165) is 18.1 Å². The summed E-state index contributed by atoms with van der Waals surface area (Å²) >= 11 is 0. The summed E-state index contributed by atoms with van der Waals surface area (Å²) in [6.07, 6.45) is -1.25. The van der Waals surface area contributed by atoms with Crippen LogP contribution in [0.5, 0.6) is 11.5 Å². The number of nitrogens with zero attached hydrogens (tertiary/aromatic N) is 1. The van der Waals surface area contributed by atoms with E-state index in [2.05, 4.69) is 4.90 Å². The lowest BCUT2D eigenvalue weighted by Crippen LogP contribution is -2.74. The van der Waals surface area contributed by atoms with Crippen LogP contribution in [0.15, 0.2) is 24.0 Å². The van der Waals surface area contributed by atoms with Gasteiger partial charge in [-0.05, 0) is 71.8 Å². The monoisotopic (exact) mass is 601 g/mol. The largest absolute Gasteiger partial charge is 0.493 e. The molecule has 12 heteroatoms. The van der Waals surface area contributed by atoms with E-state index in [1.807, 2.05) is 19.2 Å². The minimum atomic E-state index is -1.54. The number of carbonyl (C=O) groups excluding carboxylic acids is 4. The predicted octanol–water partition coefficient (Wildman–Crippen LogP) is 2.11. The summed E-state index contributed by atoms with van der Waals surface area (Å²) in [6, 6.07) is 3.69. The van der Waals surface area contributed by atoms with Crippen molar-refractivity contribution >= 4 is 23.9 Å². The average molecular weight is 602 g/mol. The van der Waals surface area contributed by atoms with Gasteiger partial charge in [-0.2, -0.15) is 0 Å². The van der Waals surface area contributed by atoms with E-state index in [1.54, 1.807) is 34.0 Å². The highest BCUT2D eigenvalue weighted by Crippen LogP contribution is 2.65. The maximum atomic E-state index is 13.2. The number of benzene rings is 1. The smallest absolute Gasteiger partial charge is 0.352 e. The first-order chi connectivity index (χ1) is 20.1. The van der Waals surface area contributed by atoms with Crippen molar-refractivity contribution in [3.8, 4) is 11.5 Å². The van der Waals surface area contributed by atoms with Crippen LogP contribution in [0.2, 0.25) is 0 Å². The summed E-state index contributed by atoms with van der Waals surface area (Å²) in [4.78, 5) is 52.1. The van der Waals surface area contributed by atoms with Crippen molar-refractivity contribution in [3.63, 3.8) is 0 Å². The van der Waals surface area contributed by atoms with Crippen LogP contribution in [0.4, 0.5) is 0 Å². The van der Waals surface area contributed by atoms with E-state index >= 15 is 0 Å². The fraction of sp³-hybridized carbons (Fsp3) is 0.613. The lowest BCUT2D eigenvalue weighted by atomic mass is 9.50. The van der Waals surface area contributed by atoms with Gasteiger partial charge in [0.05, 0.1) is 24.5 Å². The molecule has 43 heavy (non-hydrogen) atoms. The highest BCUT2D eigenvalue weighted by atomic mass is 16.6. The first-order valence-electron chi connectivity index (χ1n) is 14.4. The minimum absolute atomic E-state index is 0.164. The molecule has 0 radical (unpaired) electrons. The number of aliphatic hydroxyl groups is 1. The molecule has 2 aliphatic carbocycles. The molecule has 12 nitrogen and oxygen atoms in total. The Hall–Kier alpha value is -3.64. The van der Waals surface area contributed by atoms with Crippen LogP contribution in [-0.2, 0) is 50.0 Å². The van der Waals surface area contributed by atoms with Gasteiger partial charge in [0.1, 0.15) is 11.4 Å². The molecule has 1 fully saturated rings. The quantitative estimate of drug-likeness (QED) is 0.344. The van der Waals surface area contributed by atoms with Crippen molar-refractivity contribution < 1.29 is 52.7 Å². The highest BCUT2D eigenvalue weighted by Gasteiger charge is 2.72. The minimum Gasteiger partial charge on any atom is -0.493 e. The normalized spacial score (nSPS) is 28.3. The second-order valence-corrected chi connectivity index (χ2v) is 12.7. The van der Waals surface area contributed by atoms with Crippen LogP contribution in [0.1, 0.15) is 65.0 Å². The number of rotatable bonds is 8. The van der Waals surface area contributed by atoms with Gasteiger partial charge < -0.3 is 38.4 Å². The molecule has 234 valence electrons.